The smallest absolute Gasteiger partial charge is 0.228 e. The Labute approximate surface area is 133 Å². The second-order valence-electron chi connectivity index (χ2n) is 6.44. The Hall–Kier alpha value is -2.69. The SMILES string of the molecule is Cc1ccc2nc(C3CC3)n(-c3ccc4c(c3)CC(=O)N4)c2n1. The van der Waals surface area contributed by atoms with Crippen molar-refractivity contribution in [1.82, 2.24) is 14.5 Å². The molecule has 5 heteroatoms. The van der Waals surface area contributed by atoms with Crippen molar-refractivity contribution >= 4 is 22.8 Å². The van der Waals surface area contributed by atoms with Gasteiger partial charge in [-0.05, 0) is 55.7 Å². The third kappa shape index (κ3) is 1.96. The number of benzene rings is 1. The van der Waals surface area contributed by atoms with E-state index in [2.05, 4.69) is 16.0 Å². The Morgan fingerprint density at radius 3 is 2.87 bits per heavy atom. The first-order chi connectivity index (χ1) is 11.2. The van der Waals surface area contributed by atoms with E-state index in [4.69, 9.17) is 9.97 Å². The molecule has 1 aliphatic carbocycles. The number of nitrogens with one attached hydrogen (secondary N) is 1. The highest BCUT2D eigenvalue weighted by molar-refractivity contribution is 5.99. The lowest BCUT2D eigenvalue weighted by molar-refractivity contribution is -0.115. The molecule has 3 heterocycles. The van der Waals surface area contributed by atoms with E-state index in [1.807, 2.05) is 31.2 Å². The summed E-state index contributed by atoms with van der Waals surface area (Å²) in [5.41, 5.74) is 5.84. The summed E-state index contributed by atoms with van der Waals surface area (Å²) in [6.45, 7) is 2.00. The van der Waals surface area contributed by atoms with Gasteiger partial charge in [-0.25, -0.2) is 9.97 Å². The first-order valence-corrected chi connectivity index (χ1v) is 7.98. The van der Waals surface area contributed by atoms with Crippen LogP contribution in [0.3, 0.4) is 0 Å². The van der Waals surface area contributed by atoms with Gasteiger partial charge < -0.3 is 5.32 Å². The lowest BCUT2D eigenvalue weighted by Gasteiger charge is -2.10. The summed E-state index contributed by atoms with van der Waals surface area (Å²) in [6.07, 6.45) is 2.82. The summed E-state index contributed by atoms with van der Waals surface area (Å²) in [5.74, 6) is 1.68. The predicted molar refractivity (Wildman–Crippen MR) is 87.9 cm³/mol. The monoisotopic (exact) mass is 304 g/mol. The number of rotatable bonds is 2. The minimum absolute atomic E-state index is 0.0593. The first-order valence-electron chi connectivity index (χ1n) is 7.98. The maximum absolute atomic E-state index is 11.6. The van der Waals surface area contributed by atoms with Crippen molar-refractivity contribution in [2.45, 2.75) is 32.1 Å². The molecule has 0 unspecified atom stereocenters. The average molecular weight is 304 g/mol. The van der Waals surface area contributed by atoms with E-state index in [0.717, 1.165) is 39.6 Å². The molecule has 3 aromatic rings. The lowest BCUT2D eigenvalue weighted by Crippen LogP contribution is -2.03. The molecule has 2 aliphatic rings. The third-order valence-corrected chi connectivity index (χ3v) is 4.58. The van der Waals surface area contributed by atoms with Crippen LogP contribution in [0.1, 0.15) is 35.8 Å². The van der Waals surface area contributed by atoms with Gasteiger partial charge in [-0.1, -0.05) is 0 Å². The molecule has 0 bridgehead atoms. The molecule has 0 atom stereocenters. The van der Waals surface area contributed by atoms with Gasteiger partial charge in [-0.3, -0.25) is 9.36 Å². The van der Waals surface area contributed by atoms with Gasteiger partial charge in [0.2, 0.25) is 5.91 Å². The predicted octanol–water partition coefficient (Wildman–Crippen LogP) is 3.10. The van der Waals surface area contributed by atoms with Crippen LogP contribution in [0, 0.1) is 6.92 Å². The topological polar surface area (TPSA) is 59.8 Å². The van der Waals surface area contributed by atoms with Crippen LogP contribution in [0.4, 0.5) is 5.69 Å². The Balaban J connectivity index is 1.76. The fourth-order valence-electron chi connectivity index (χ4n) is 3.29. The highest BCUT2D eigenvalue weighted by atomic mass is 16.1. The van der Waals surface area contributed by atoms with Gasteiger partial charge in [-0.15, -0.1) is 0 Å². The lowest BCUT2D eigenvalue weighted by atomic mass is 10.1. The maximum Gasteiger partial charge on any atom is 0.228 e. The van der Waals surface area contributed by atoms with Gasteiger partial charge in [0.05, 0.1) is 6.42 Å². The fourth-order valence-corrected chi connectivity index (χ4v) is 3.29. The number of nitrogens with zero attached hydrogens (tertiary/aromatic N) is 3. The zero-order chi connectivity index (χ0) is 15.6. The van der Waals surface area contributed by atoms with Gasteiger partial charge in [0, 0.05) is 23.0 Å². The number of carbonyl (C=O) groups excluding carboxylic acids is 1. The quantitative estimate of drug-likeness (QED) is 0.791. The number of aromatic nitrogens is 3. The highest BCUT2D eigenvalue weighted by Gasteiger charge is 2.31. The Kier molecular flexibility index (Phi) is 2.46. The first kappa shape index (κ1) is 12.8. The fraction of sp³-hybridized carbons (Fsp3) is 0.278. The average Bonchev–Trinajstić information content (AvgIpc) is 3.20. The molecule has 1 aliphatic heterocycles. The summed E-state index contributed by atoms with van der Waals surface area (Å²) in [5, 5.41) is 2.89. The molecule has 1 saturated carbocycles. The summed E-state index contributed by atoms with van der Waals surface area (Å²) < 4.78 is 2.17. The van der Waals surface area contributed by atoms with Gasteiger partial charge >= 0.3 is 0 Å². The zero-order valence-electron chi connectivity index (χ0n) is 12.8. The molecular formula is C18H16N4O. The van der Waals surface area contributed by atoms with Crippen LogP contribution in [0.15, 0.2) is 30.3 Å². The summed E-state index contributed by atoms with van der Waals surface area (Å²) >= 11 is 0. The van der Waals surface area contributed by atoms with Crippen molar-refractivity contribution in [3.05, 3.63) is 47.4 Å². The molecule has 5 nitrogen and oxygen atoms in total. The van der Waals surface area contributed by atoms with Crippen molar-refractivity contribution in [1.29, 1.82) is 0 Å². The van der Waals surface area contributed by atoms with Gasteiger partial charge in [0.25, 0.3) is 0 Å². The van der Waals surface area contributed by atoms with Crippen LogP contribution >= 0.6 is 0 Å². The molecule has 0 saturated heterocycles. The maximum atomic E-state index is 11.6. The van der Waals surface area contributed by atoms with E-state index >= 15 is 0 Å². The zero-order valence-corrected chi connectivity index (χ0v) is 12.8. The second kappa shape index (κ2) is 4.41. The standard InChI is InChI=1S/C18H16N4O/c1-10-2-6-15-18(19-10)22(17(21-15)11-3-4-11)13-5-7-14-12(8-13)9-16(23)20-14/h2,5-8,11H,3-4,9H2,1H3,(H,20,23). The summed E-state index contributed by atoms with van der Waals surface area (Å²) in [7, 11) is 0. The number of hydrogen-bond donors (Lipinski definition) is 1. The van der Waals surface area contributed by atoms with E-state index in [0.29, 0.717) is 12.3 Å². The molecule has 5 rings (SSSR count). The molecule has 1 aromatic carbocycles. The van der Waals surface area contributed by atoms with Crippen LogP contribution in [-0.2, 0) is 11.2 Å². The second-order valence-corrected chi connectivity index (χ2v) is 6.44. The highest BCUT2D eigenvalue weighted by Crippen LogP contribution is 2.42. The van der Waals surface area contributed by atoms with E-state index in [-0.39, 0.29) is 5.91 Å². The Morgan fingerprint density at radius 1 is 1.17 bits per heavy atom. The Morgan fingerprint density at radius 2 is 2.04 bits per heavy atom. The molecule has 2 aromatic heterocycles. The van der Waals surface area contributed by atoms with E-state index in [1.54, 1.807) is 0 Å². The molecular weight excluding hydrogens is 288 g/mol. The van der Waals surface area contributed by atoms with Crippen LogP contribution < -0.4 is 5.32 Å². The molecule has 1 fully saturated rings. The summed E-state index contributed by atoms with van der Waals surface area (Å²) in [6, 6.07) is 10.2. The van der Waals surface area contributed by atoms with Crippen molar-refractivity contribution in [2.75, 3.05) is 5.32 Å². The van der Waals surface area contributed by atoms with Gasteiger partial charge in [0.15, 0.2) is 5.65 Å². The molecule has 114 valence electrons. The number of aryl methyl sites for hydroxylation is 1. The number of amides is 1. The van der Waals surface area contributed by atoms with E-state index < -0.39 is 0 Å². The molecule has 1 amide bonds. The van der Waals surface area contributed by atoms with Crippen molar-refractivity contribution in [3.8, 4) is 5.69 Å². The minimum Gasteiger partial charge on any atom is -0.326 e. The number of carbonyl (C=O) groups is 1. The molecule has 23 heavy (non-hydrogen) atoms. The minimum atomic E-state index is 0.0593. The van der Waals surface area contributed by atoms with Gasteiger partial charge in [-0.2, -0.15) is 0 Å². The van der Waals surface area contributed by atoms with Crippen LogP contribution in [0.2, 0.25) is 0 Å². The molecule has 0 spiro atoms. The van der Waals surface area contributed by atoms with Crippen molar-refractivity contribution in [2.24, 2.45) is 0 Å². The molecule has 0 radical (unpaired) electrons. The number of fused-ring (bicyclic) bond motifs is 2. The van der Waals surface area contributed by atoms with Crippen LogP contribution in [0.5, 0.6) is 0 Å². The van der Waals surface area contributed by atoms with E-state index in [1.165, 1.54) is 12.8 Å². The van der Waals surface area contributed by atoms with Crippen molar-refractivity contribution < 1.29 is 4.79 Å². The Bertz CT molecular complexity index is 969. The van der Waals surface area contributed by atoms with E-state index in [9.17, 15) is 4.79 Å². The largest absolute Gasteiger partial charge is 0.326 e. The van der Waals surface area contributed by atoms with Crippen LogP contribution in [-0.4, -0.2) is 20.4 Å². The van der Waals surface area contributed by atoms with Crippen LogP contribution in [0.25, 0.3) is 16.9 Å². The third-order valence-electron chi connectivity index (χ3n) is 4.58. The number of anilines is 1. The van der Waals surface area contributed by atoms with Gasteiger partial charge in [0.1, 0.15) is 11.3 Å². The summed E-state index contributed by atoms with van der Waals surface area (Å²) in [4.78, 5) is 21.1. The number of hydrogen-bond acceptors (Lipinski definition) is 3. The number of imidazole rings is 1. The number of pyridine rings is 1. The normalized spacial score (nSPS) is 16.7. The van der Waals surface area contributed by atoms with Crippen molar-refractivity contribution in [3.63, 3.8) is 0 Å². The molecule has 1 N–H and O–H groups in total.